The summed E-state index contributed by atoms with van der Waals surface area (Å²) in [4.78, 5) is 24.0. The maximum atomic E-state index is 11.4. The minimum absolute atomic E-state index is 0. The third kappa shape index (κ3) is 8.30. The van der Waals surface area contributed by atoms with Crippen LogP contribution in [0.15, 0.2) is 4.99 Å². The topological polar surface area (TPSA) is 95.6 Å². The average molecular weight is 508 g/mol. The Kier molecular flexibility index (Phi) is 11.2. The molecule has 0 radical (unpaired) electrons. The van der Waals surface area contributed by atoms with Crippen molar-refractivity contribution in [1.29, 1.82) is 0 Å². The number of nitrogens with zero attached hydrogens (tertiary/aromatic N) is 3. The number of primary amides is 1. The molecule has 0 saturated carbocycles. The first-order valence-corrected chi connectivity index (χ1v) is 10.3. The second-order valence-electron chi connectivity index (χ2n) is 6.76. The minimum atomic E-state index is -0.164. The molecule has 2 rings (SSSR count). The number of thiazole rings is 1. The fourth-order valence-corrected chi connectivity index (χ4v) is 4.07. The van der Waals surface area contributed by atoms with Gasteiger partial charge in [-0.1, -0.05) is 0 Å². The van der Waals surface area contributed by atoms with E-state index in [4.69, 9.17) is 5.73 Å². The second kappa shape index (κ2) is 12.5. The largest absolute Gasteiger partial charge is 0.369 e. The molecule has 0 bridgehead atoms. The molecule has 2 heterocycles. The Bertz CT molecular complexity index is 621. The molecule has 0 aromatic carbocycles. The van der Waals surface area contributed by atoms with Crippen molar-refractivity contribution in [2.45, 2.75) is 46.6 Å². The monoisotopic (exact) mass is 508 g/mol. The molecule has 1 aliphatic heterocycles. The van der Waals surface area contributed by atoms with Crippen LogP contribution in [0, 0.1) is 19.8 Å². The summed E-state index contributed by atoms with van der Waals surface area (Å²) in [5, 5.41) is 7.77. The van der Waals surface area contributed by atoms with Gasteiger partial charge in [-0.15, -0.1) is 35.3 Å². The second-order valence-corrected chi connectivity index (χ2v) is 8.05. The molecule has 154 valence electrons. The van der Waals surface area contributed by atoms with Crippen LogP contribution in [0.4, 0.5) is 0 Å². The normalized spacial score (nSPS) is 18.0. The van der Waals surface area contributed by atoms with Gasteiger partial charge in [-0.05, 0) is 53.1 Å². The van der Waals surface area contributed by atoms with Crippen LogP contribution in [-0.2, 0) is 11.3 Å². The molecule has 1 unspecified atom stereocenters. The number of amides is 1. The van der Waals surface area contributed by atoms with Crippen LogP contribution in [-0.4, -0.2) is 54.5 Å². The van der Waals surface area contributed by atoms with E-state index in [1.165, 1.54) is 4.88 Å². The number of aromatic nitrogens is 1. The van der Waals surface area contributed by atoms with Gasteiger partial charge in [0.05, 0.1) is 23.2 Å². The number of halogens is 1. The molecular formula is C18H33IN6OS. The maximum absolute atomic E-state index is 11.4. The highest BCUT2D eigenvalue weighted by molar-refractivity contribution is 14.0. The zero-order valence-electron chi connectivity index (χ0n) is 16.6. The van der Waals surface area contributed by atoms with Crippen LogP contribution in [0.3, 0.4) is 0 Å². The third-order valence-corrected chi connectivity index (χ3v) is 5.63. The van der Waals surface area contributed by atoms with Gasteiger partial charge in [0.2, 0.25) is 5.91 Å². The number of aryl methyl sites for hydroxylation is 2. The first-order chi connectivity index (χ1) is 12.5. The van der Waals surface area contributed by atoms with Gasteiger partial charge in [-0.2, -0.15) is 0 Å². The van der Waals surface area contributed by atoms with E-state index < -0.39 is 0 Å². The Morgan fingerprint density at radius 2 is 2.19 bits per heavy atom. The van der Waals surface area contributed by atoms with E-state index in [1.807, 2.05) is 13.8 Å². The van der Waals surface area contributed by atoms with Crippen LogP contribution in [0.1, 0.15) is 41.8 Å². The van der Waals surface area contributed by atoms with Gasteiger partial charge < -0.3 is 21.3 Å². The first-order valence-electron chi connectivity index (χ1n) is 9.46. The molecule has 1 aliphatic rings. The lowest BCUT2D eigenvalue weighted by Crippen LogP contribution is -2.43. The summed E-state index contributed by atoms with van der Waals surface area (Å²) < 4.78 is 0. The minimum Gasteiger partial charge on any atom is -0.369 e. The first kappa shape index (κ1) is 24.1. The number of hydrogen-bond acceptors (Lipinski definition) is 5. The fourth-order valence-electron chi connectivity index (χ4n) is 3.21. The van der Waals surface area contributed by atoms with Crippen molar-refractivity contribution in [1.82, 2.24) is 20.5 Å². The van der Waals surface area contributed by atoms with Gasteiger partial charge in [-0.3, -0.25) is 4.79 Å². The smallest absolute Gasteiger partial charge is 0.221 e. The molecule has 1 atom stereocenters. The number of rotatable bonds is 8. The average Bonchev–Trinajstić information content (AvgIpc) is 2.94. The number of guanidine groups is 1. The van der Waals surface area contributed by atoms with Crippen molar-refractivity contribution < 1.29 is 4.79 Å². The molecule has 4 N–H and O–H groups in total. The van der Waals surface area contributed by atoms with Gasteiger partial charge in [0, 0.05) is 24.5 Å². The predicted molar refractivity (Wildman–Crippen MR) is 123 cm³/mol. The van der Waals surface area contributed by atoms with Crippen molar-refractivity contribution in [3.63, 3.8) is 0 Å². The quantitative estimate of drug-likeness (QED) is 0.216. The summed E-state index contributed by atoms with van der Waals surface area (Å²) in [7, 11) is 0. The van der Waals surface area contributed by atoms with E-state index in [2.05, 4.69) is 32.4 Å². The molecule has 1 aromatic heterocycles. The number of piperidine rings is 1. The number of hydrogen-bond donors (Lipinski definition) is 3. The maximum Gasteiger partial charge on any atom is 0.221 e. The number of carbonyl (C=O) groups excluding carboxylic acids is 1. The number of likely N-dealkylation sites (tertiary alicyclic amines) is 1. The highest BCUT2D eigenvalue weighted by atomic mass is 127. The van der Waals surface area contributed by atoms with Crippen molar-refractivity contribution >= 4 is 47.2 Å². The van der Waals surface area contributed by atoms with Crippen molar-refractivity contribution in [2.24, 2.45) is 16.6 Å². The standard InChI is InChI=1S/C18H32N6OS.HI/c1-4-20-18(22-11-16-13(2)23-14(3)26-16)21-8-6-10-24-9-5-7-15(12-24)17(19)25;/h15H,4-12H2,1-3H3,(H2,19,25)(H2,20,21,22);1H. The molecular weight excluding hydrogens is 475 g/mol. The van der Waals surface area contributed by atoms with Crippen molar-refractivity contribution in [3.05, 3.63) is 15.6 Å². The Morgan fingerprint density at radius 3 is 2.81 bits per heavy atom. The summed E-state index contributed by atoms with van der Waals surface area (Å²) in [6.07, 6.45) is 2.99. The Balaban J connectivity index is 0.00000364. The molecule has 1 amide bonds. The van der Waals surface area contributed by atoms with Crippen LogP contribution in [0.2, 0.25) is 0 Å². The molecule has 27 heavy (non-hydrogen) atoms. The summed E-state index contributed by atoms with van der Waals surface area (Å²) in [6, 6.07) is 0. The SMILES string of the molecule is CCNC(=NCc1sc(C)nc1C)NCCCN1CCCC(C(N)=O)C1.I. The Morgan fingerprint density at radius 1 is 1.41 bits per heavy atom. The zero-order chi connectivity index (χ0) is 18.9. The van der Waals surface area contributed by atoms with E-state index in [-0.39, 0.29) is 35.8 Å². The molecule has 0 spiro atoms. The highest BCUT2D eigenvalue weighted by Gasteiger charge is 2.23. The third-order valence-electron chi connectivity index (χ3n) is 4.58. The lowest BCUT2D eigenvalue weighted by atomic mass is 9.97. The summed E-state index contributed by atoms with van der Waals surface area (Å²) in [5.41, 5.74) is 6.52. The van der Waals surface area contributed by atoms with Gasteiger partial charge in [0.1, 0.15) is 0 Å². The van der Waals surface area contributed by atoms with Crippen molar-refractivity contribution in [2.75, 3.05) is 32.7 Å². The van der Waals surface area contributed by atoms with Gasteiger partial charge in [-0.25, -0.2) is 9.98 Å². The number of carbonyl (C=O) groups is 1. The Labute approximate surface area is 183 Å². The molecule has 9 heteroatoms. The van der Waals surface area contributed by atoms with Crippen LogP contribution < -0.4 is 16.4 Å². The molecule has 7 nitrogen and oxygen atoms in total. The van der Waals surface area contributed by atoms with Crippen LogP contribution in [0.25, 0.3) is 0 Å². The molecule has 1 saturated heterocycles. The summed E-state index contributed by atoms with van der Waals surface area (Å²) in [5.74, 6) is 0.691. The van der Waals surface area contributed by atoms with E-state index >= 15 is 0 Å². The molecule has 0 aliphatic carbocycles. The number of nitrogens with one attached hydrogen (secondary N) is 2. The van der Waals surface area contributed by atoms with Gasteiger partial charge in [0.25, 0.3) is 0 Å². The zero-order valence-corrected chi connectivity index (χ0v) is 19.7. The van der Waals surface area contributed by atoms with E-state index in [1.54, 1.807) is 11.3 Å². The van der Waals surface area contributed by atoms with Crippen LogP contribution >= 0.6 is 35.3 Å². The summed E-state index contributed by atoms with van der Waals surface area (Å²) >= 11 is 1.71. The molecule has 1 aromatic rings. The Hall–Kier alpha value is -0.940. The van der Waals surface area contributed by atoms with Crippen molar-refractivity contribution in [3.8, 4) is 0 Å². The lowest BCUT2D eigenvalue weighted by Gasteiger charge is -2.31. The van der Waals surface area contributed by atoms with E-state index in [0.717, 1.165) is 68.6 Å². The van der Waals surface area contributed by atoms with Crippen LogP contribution in [0.5, 0.6) is 0 Å². The fraction of sp³-hybridized carbons (Fsp3) is 0.722. The number of aliphatic imine (C=N–C) groups is 1. The van der Waals surface area contributed by atoms with Gasteiger partial charge >= 0.3 is 0 Å². The van der Waals surface area contributed by atoms with E-state index in [9.17, 15) is 4.79 Å². The number of nitrogens with two attached hydrogens (primary N) is 1. The summed E-state index contributed by atoms with van der Waals surface area (Å²) in [6.45, 7) is 11.3. The van der Waals surface area contributed by atoms with E-state index in [0.29, 0.717) is 6.54 Å². The van der Waals surface area contributed by atoms with Gasteiger partial charge in [0.15, 0.2) is 5.96 Å². The predicted octanol–water partition coefficient (Wildman–Crippen LogP) is 2.02. The molecule has 1 fully saturated rings. The highest BCUT2D eigenvalue weighted by Crippen LogP contribution is 2.18. The lowest BCUT2D eigenvalue weighted by molar-refractivity contribution is -0.123.